The van der Waals surface area contributed by atoms with E-state index in [2.05, 4.69) is 66.2 Å². The molecule has 4 fully saturated rings. The number of rotatable bonds is 1. The molecule has 31 heavy (non-hydrogen) atoms. The van der Waals surface area contributed by atoms with Crippen LogP contribution in [0.4, 0.5) is 0 Å². The Labute approximate surface area is 181 Å². The lowest BCUT2D eigenvalue weighted by atomic mass is 9.48. The molecule has 3 aromatic carbocycles. The molecule has 0 unspecified atom stereocenters. The van der Waals surface area contributed by atoms with Crippen LogP contribution >= 0.6 is 0 Å². The lowest BCUT2D eigenvalue weighted by molar-refractivity contribution is -0.00459. The second-order valence-corrected chi connectivity index (χ2v) is 10.9. The summed E-state index contributed by atoms with van der Waals surface area (Å²) in [6, 6.07) is 20.0. The molecule has 2 heteroatoms. The average molecular weight is 406 g/mol. The molecule has 5 aromatic rings. The van der Waals surface area contributed by atoms with Gasteiger partial charge >= 0.3 is 0 Å². The van der Waals surface area contributed by atoms with Crippen molar-refractivity contribution in [1.29, 1.82) is 0 Å². The van der Waals surface area contributed by atoms with E-state index in [9.17, 15) is 0 Å². The monoisotopic (exact) mass is 405 g/mol. The zero-order valence-electron chi connectivity index (χ0n) is 18.0. The number of furan rings is 1. The van der Waals surface area contributed by atoms with Crippen molar-refractivity contribution in [2.75, 3.05) is 0 Å². The summed E-state index contributed by atoms with van der Waals surface area (Å²) in [5, 5.41) is 5.32. The van der Waals surface area contributed by atoms with Crippen LogP contribution in [-0.4, -0.2) is 4.57 Å². The van der Waals surface area contributed by atoms with E-state index in [0.717, 1.165) is 28.9 Å². The molecule has 0 spiro atoms. The van der Waals surface area contributed by atoms with Crippen molar-refractivity contribution in [2.24, 2.45) is 24.8 Å². The molecule has 2 aromatic heterocycles. The smallest absolute Gasteiger partial charge is 0.136 e. The van der Waals surface area contributed by atoms with Gasteiger partial charge in [-0.05, 0) is 85.5 Å². The fourth-order valence-corrected chi connectivity index (χ4v) is 8.43. The van der Waals surface area contributed by atoms with Crippen LogP contribution in [0, 0.1) is 17.8 Å². The number of nitrogens with zero attached hydrogens (tertiary/aromatic N) is 1. The molecule has 2 heterocycles. The third-order valence-electron chi connectivity index (χ3n) is 9.12. The van der Waals surface area contributed by atoms with Gasteiger partial charge in [-0.3, -0.25) is 0 Å². The van der Waals surface area contributed by atoms with Gasteiger partial charge in [0, 0.05) is 34.1 Å². The summed E-state index contributed by atoms with van der Waals surface area (Å²) in [4.78, 5) is 0. The van der Waals surface area contributed by atoms with Crippen LogP contribution in [0.2, 0.25) is 0 Å². The molecule has 4 saturated carbocycles. The SMILES string of the molecule is Cn1c2ccccc2c2c3c(cc(C45CC6CC(CC(C6)C4)C5)c21)oc1ccccc13. The highest BCUT2D eigenvalue weighted by Crippen LogP contribution is 2.62. The summed E-state index contributed by atoms with van der Waals surface area (Å²) >= 11 is 0. The fourth-order valence-electron chi connectivity index (χ4n) is 8.43. The minimum Gasteiger partial charge on any atom is -0.456 e. The number of hydrogen-bond acceptors (Lipinski definition) is 1. The van der Waals surface area contributed by atoms with Gasteiger partial charge in [-0.25, -0.2) is 0 Å². The molecule has 0 radical (unpaired) electrons. The van der Waals surface area contributed by atoms with Gasteiger partial charge in [0.15, 0.2) is 0 Å². The molecule has 4 aliphatic carbocycles. The van der Waals surface area contributed by atoms with Gasteiger partial charge in [-0.2, -0.15) is 0 Å². The first kappa shape index (κ1) is 16.9. The van der Waals surface area contributed by atoms with E-state index in [-0.39, 0.29) is 0 Å². The number of aryl methyl sites for hydroxylation is 1. The van der Waals surface area contributed by atoms with Crippen molar-refractivity contribution in [3.05, 3.63) is 60.2 Å². The fraction of sp³-hybridized carbons (Fsp3) is 0.379. The maximum absolute atomic E-state index is 6.51. The van der Waals surface area contributed by atoms with Crippen molar-refractivity contribution in [2.45, 2.75) is 43.9 Å². The first-order valence-corrected chi connectivity index (χ1v) is 12.0. The number of aromatic nitrogens is 1. The zero-order chi connectivity index (χ0) is 20.3. The van der Waals surface area contributed by atoms with E-state index in [1.807, 2.05) is 0 Å². The Morgan fingerprint density at radius 3 is 2.16 bits per heavy atom. The average Bonchev–Trinajstić information content (AvgIpc) is 3.28. The lowest BCUT2D eigenvalue weighted by Crippen LogP contribution is -2.48. The Morgan fingerprint density at radius 1 is 0.774 bits per heavy atom. The highest BCUT2D eigenvalue weighted by molar-refractivity contribution is 6.27. The highest BCUT2D eigenvalue weighted by atomic mass is 16.3. The Morgan fingerprint density at radius 2 is 1.42 bits per heavy atom. The molecule has 0 atom stereocenters. The summed E-state index contributed by atoms with van der Waals surface area (Å²) in [7, 11) is 2.28. The van der Waals surface area contributed by atoms with Gasteiger partial charge in [0.05, 0.1) is 5.52 Å². The molecule has 0 N–H and O–H groups in total. The Balaban J connectivity index is 1.57. The largest absolute Gasteiger partial charge is 0.456 e. The van der Waals surface area contributed by atoms with Gasteiger partial charge in [0.1, 0.15) is 11.2 Å². The summed E-state index contributed by atoms with van der Waals surface area (Å²) in [5.41, 5.74) is 6.79. The van der Waals surface area contributed by atoms with Crippen LogP contribution < -0.4 is 0 Å². The van der Waals surface area contributed by atoms with Gasteiger partial charge < -0.3 is 8.98 Å². The third kappa shape index (κ3) is 2.04. The molecule has 4 aliphatic rings. The predicted molar refractivity (Wildman–Crippen MR) is 128 cm³/mol. The summed E-state index contributed by atoms with van der Waals surface area (Å²) in [5.74, 6) is 2.80. The van der Waals surface area contributed by atoms with Crippen molar-refractivity contribution in [1.82, 2.24) is 4.57 Å². The maximum Gasteiger partial charge on any atom is 0.136 e. The van der Waals surface area contributed by atoms with Crippen LogP contribution in [0.5, 0.6) is 0 Å². The minimum atomic E-state index is 0.336. The van der Waals surface area contributed by atoms with Crippen molar-refractivity contribution in [3.63, 3.8) is 0 Å². The summed E-state index contributed by atoms with van der Waals surface area (Å²) in [6.07, 6.45) is 8.56. The lowest BCUT2D eigenvalue weighted by Gasteiger charge is -2.57. The Bertz CT molecular complexity index is 1500. The van der Waals surface area contributed by atoms with Crippen LogP contribution in [0.15, 0.2) is 59.0 Å². The van der Waals surface area contributed by atoms with Crippen molar-refractivity contribution in [3.8, 4) is 0 Å². The van der Waals surface area contributed by atoms with Crippen LogP contribution in [-0.2, 0) is 12.5 Å². The zero-order valence-corrected chi connectivity index (χ0v) is 18.0. The number of hydrogen-bond donors (Lipinski definition) is 0. The van der Waals surface area contributed by atoms with Crippen LogP contribution in [0.1, 0.15) is 44.1 Å². The number of para-hydroxylation sites is 2. The molecule has 4 bridgehead atoms. The summed E-state index contributed by atoms with van der Waals surface area (Å²) in [6.45, 7) is 0. The molecule has 0 aliphatic heterocycles. The predicted octanol–water partition coefficient (Wildman–Crippen LogP) is 7.70. The Hall–Kier alpha value is -2.74. The van der Waals surface area contributed by atoms with Gasteiger partial charge in [0.2, 0.25) is 0 Å². The minimum absolute atomic E-state index is 0.336. The van der Waals surface area contributed by atoms with Crippen molar-refractivity contribution >= 4 is 43.7 Å². The second kappa shape index (κ2) is 5.54. The van der Waals surface area contributed by atoms with Gasteiger partial charge in [-0.1, -0.05) is 36.4 Å². The van der Waals surface area contributed by atoms with Crippen LogP contribution in [0.3, 0.4) is 0 Å². The normalized spacial score (nSPS) is 29.8. The van der Waals surface area contributed by atoms with E-state index >= 15 is 0 Å². The first-order chi connectivity index (χ1) is 15.2. The highest BCUT2D eigenvalue weighted by Gasteiger charge is 2.52. The molecule has 0 saturated heterocycles. The topological polar surface area (TPSA) is 18.1 Å². The number of benzene rings is 3. The van der Waals surface area contributed by atoms with E-state index < -0.39 is 0 Å². The molecule has 154 valence electrons. The second-order valence-electron chi connectivity index (χ2n) is 10.9. The first-order valence-electron chi connectivity index (χ1n) is 12.0. The number of fused-ring (bicyclic) bond motifs is 7. The quantitative estimate of drug-likeness (QED) is 0.279. The standard InChI is InChI=1S/C29H27NO/c1-30-23-8-4-2-6-20(23)27-26-21-7-3-5-9-24(21)31-25(26)13-22(28(27)30)29-14-17-10-18(15-29)12-19(11-17)16-29/h2-9,13,17-19H,10-12,14-16H2,1H3. The third-order valence-corrected chi connectivity index (χ3v) is 9.12. The molecule has 2 nitrogen and oxygen atoms in total. The summed E-state index contributed by atoms with van der Waals surface area (Å²) < 4.78 is 9.00. The van der Waals surface area contributed by atoms with E-state index in [0.29, 0.717) is 5.41 Å². The van der Waals surface area contributed by atoms with Gasteiger partial charge in [-0.15, -0.1) is 0 Å². The van der Waals surface area contributed by atoms with Gasteiger partial charge in [0.25, 0.3) is 0 Å². The maximum atomic E-state index is 6.51. The Kier molecular flexibility index (Phi) is 3.02. The molecular formula is C29H27NO. The van der Waals surface area contributed by atoms with Crippen LogP contribution in [0.25, 0.3) is 43.7 Å². The molecule has 0 amide bonds. The van der Waals surface area contributed by atoms with E-state index in [1.165, 1.54) is 71.1 Å². The molecule has 9 rings (SSSR count). The molecular weight excluding hydrogens is 378 g/mol. The van der Waals surface area contributed by atoms with Crippen molar-refractivity contribution < 1.29 is 4.42 Å². The van der Waals surface area contributed by atoms with E-state index in [1.54, 1.807) is 5.56 Å². The van der Waals surface area contributed by atoms with E-state index in [4.69, 9.17) is 4.42 Å².